The number of Topliss-reactive ketones (excluding diaryl/α,β-unsaturated/α-hetero) is 3. The molecule has 14 nitrogen and oxygen atoms in total. The fraction of sp³-hybridized carbons (Fsp3) is 0.490. The summed E-state index contributed by atoms with van der Waals surface area (Å²) in [4.78, 5) is 72.4. The van der Waals surface area contributed by atoms with Gasteiger partial charge in [0, 0.05) is 68.9 Å². The van der Waals surface area contributed by atoms with E-state index in [2.05, 4.69) is 17.4 Å². The van der Waals surface area contributed by atoms with Crippen molar-refractivity contribution in [2.45, 2.75) is 105 Å². The zero-order valence-electron chi connectivity index (χ0n) is 37.5. The third-order valence-corrected chi connectivity index (χ3v) is 13.2. The van der Waals surface area contributed by atoms with E-state index in [1.807, 2.05) is 18.2 Å². The van der Waals surface area contributed by atoms with Crippen LogP contribution < -0.4 is 10.1 Å². The summed E-state index contributed by atoms with van der Waals surface area (Å²) < 4.78 is 23.7. The Balaban J connectivity index is 1.45. The molecule has 63 heavy (non-hydrogen) atoms. The van der Waals surface area contributed by atoms with Gasteiger partial charge in [0.15, 0.2) is 0 Å². The minimum absolute atomic E-state index is 0.0165. The number of aromatic hydroxyl groups is 1. The number of allylic oxidation sites excluding steroid dienone is 4. The summed E-state index contributed by atoms with van der Waals surface area (Å²) in [6.45, 7) is 13.3. The maximum atomic E-state index is 15.1. The van der Waals surface area contributed by atoms with E-state index in [-0.39, 0.29) is 45.3 Å². The van der Waals surface area contributed by atoms with Crippen LogP contribution in [0.4, 0.5) is 0 Å². The summed E-state index contributed by atoms with van der Waals surface area (Å²) >= 11 is 0. The van der Waals surface area contributed by atoms with Gasteiger partial charge in [0.25, 0.3) is 11.7 Å². The van der Waals surface area contributed by atoms with E-state index in [4.69, 9.17) is 18.9 Å². The highest BCUT2D eigenvalue weighted by molar-refractivity contribution is 6.32. The monoisotopic (exact) mass is 868 g/mol. The number of hydrogen-bond donors (Lipinski definition) is 4. The lowest BCUT2D eigenvalue weighted by Crippen LogP contribution is -2.46. The second-order valence-electron chi connectivity index (χ2n) is 17.6. The number of methoxy groups -OCH3 is 1. The Bertz CT molecular complexity index is 2250. The lowest BCUT2D eigenvalue weighted by molar-refractivity contribution is -0.160. The zero-order chi connectivity index (χ0) is 46.1. The van der Waals surface area contributed by atoms with Gasteiger partial charge < -0.3 is 44.5 Å². The molecule has 0 aromatic heterocycles. The number of carbonyl (C=O) groups is 5. The summed E-state index contributed by atoms with van der Waals surface area (Å²) in [6.07, 6.45) is 5.72. The number of aliphatic hydroxyl groups is 2. The molecule has 0 spiro atoms. The topological polar surface area (TPSA) is 198 Å². The number of rotatable bonds is 5. The number of nitrogens with zero attached hydrogens (tertiary/aromatic N) is 1. The van der Waals surface area contributed by atoms with Crippen molar-refractivity contribution in [2.75, 3.05) is 20.2 Å². The number of aliphatic hydroxyl groups excluding tert-OH is 2. The van der Waals surface area contributed by atoms with Crippen LogP contribution in [-0.4, -0.2) is 99.8 Å². The molecule has 1 amide bonds. The van der Waals surface area contributed by atoms with Crippen LogP contribution in [0.1, 0.15) is 104 Å². The molecule has 5 aliphatic rings. The molecule has 1 aliphatic carbocycles. The van der Waals surface area contributed by atoms with Gasteiger partial charge in [-0.1, -0.05) is 76.3 Å². The van der Waals surface area contributed by atoms with E-state index >= 15 is 4.79 Å². The maximum absolute atomic E-state index is 15.1. The molecule has 5 bridgehead atoms. The number of esters is 1. The Labute approximate surface area is 368 Å². The van der Waals surface area contributed by atoms with Crippen LogP contribution in [0.2, 0.25) is 0 Å². The number of ether oxygens (including phenoxy) is 4. The standard InChI is InChI=1S/C49H60N2O12/c1-25-14-13-15-26(2)48(59)50-38-39(51-21-18-33(19-22-51)24-32-16-11-10-12-17-32)44(57)35-36(43(38)56)42(55)30(6)46-37(35)47(58)49(8,63-46)61-23-20-34(60-9)27(3)45(62-31(7)52)29(5)41(54)28(4)40(25)53/h10-17,20,23,25,27-29,33-34,40-41,45,53-55H,18-19,21-22,24H2,1-9H3,(H,50,59). The van der Waals surface area contributed by atoms with Crippen molar-refractivity contribution in [1.82, 2.24) is 10.2 Å². The molecule has 338 valence electrons. The highest BCUT2D eigenvalue weighted by atomic mass is 16.7. The third-order valence-electron chi connectivity index (χ3n) is 13.2. The predicted octanol–water partition coefficient (Wildman–Crippen LogP) is 5.91. The highest BCUT2D eigenvalue weighted by Crippen LogP contribution is 2.49. The smallest absolute Gasteiger partial charge is 0.312 e. The maximum Gasteiger partial charge on any atom is 0.312 e. The Morgan fingerprint density at radius 1 is 0.905 bits per heavy atom. The molecular weight excluding hydrogens is 809 g/mol. The number of amides is 1. The second-order valence-corrected chi connectivity index (χ2v) is 17.6. The molecule has 14 heteroatoms. The lowest BCUT2D eigenvalue weighted by Gasteiger charge is -2.38. The Hall–Kier alpha value is -5.57. The van der Waals surface area contributed by atoms with Crippen LogP contribution in [0.25, 0.3) is 0 Å². The summed E-state index contributed by atoms with van der Waals surface area (Å²) in [7, 11) is 1.44. The van der Waals surface area contributed by atoms with Crippen LogP contribution >= 0.6 is 0 Å². The van der Waals surface area contributed by atoms with Crippen molar-refractivity contribution in [3.8, 4) is 11.5 Å². The van der Waals surface area contributed by atoms with E-state index in [0.29, 0.717) is 25.9 Å². The van der Waals surface area contributed by atoms with Crippen molar-refractivity contribution in [2.24, 2.45) is 29.6 Å². The number of carbonyl (C=O) groups excluding carboxylic acids is 5. The molecule has 1 saturated heterocycles. The number of benzene rings is 2. The molecule has 2 aromatic rings. The van der Waals surface area contributed by atoms with Crippen molar-refractivity contribution in [3.05, 3.63) is 106 Å². The van der Waals surface area contributed by atoms with Gasteiger partial charge in [-0.25, -0.2) is 0 Å². The number of likely N-dealkylation sites (tertiary alicyclic amines) is 1. The van der Waals surface area contributed by atoms with Crippen molar-refractivity contribution < 1.29 is 58.2 Å². The highest BCUT2D eigenvalue weighted by Gasteiger charge is 2.53. The van der Waals surface area contributed by atoms with E-state index in [1.165, 1.54) is 58.8 Å². The minimum atomic E-state index is -2.08. The van der Waals surface area contributed by atoms with Gasteiger partial charge in [0.05, 0.1) is 41.3 Å². The summed E-state index contributed by atoms with van der Waals surface area (Å²) in [5.41, 5.74) is -0.0546. The van der Waals surface area contributed by atoms with Crippen LogP contribution in [-0.2, 0) is 30.2 Å². The normalized spacial score (nSPS) is 29.9. The quantitative estimate of drug-likeness (QED) is 0.259. The summed E-state index contributed by atoms with van der Waals surface area (Å²) in [6, 6.07) is 10.1. The molecule has 4 N–H and O–H groups in total. The van der Waals surface area contributed by atoms with Crippen LogP contribution in [0.15, 0.2) is 77.9 Å². The molecule has 2 aromatic carbocycles. The van der Waals surface area contributed by atoms with Gasteiger partial charge in [-0.3, -0.25) is 24.0 Å². The molecule has 7 rings (SSSR count). The third kappa shape index (κ3) is 9.25. The van der Waals surface area contributed by atoms with Gasteiger partial charge in [-0.15, -0.1) is 0 Å². The fourth-order valence-corrected chi connectivity index (χ4v) is 9.29. The second kappa shape index (κ2) is 19.0. The van der Waals surface area contributed by atoms with Gasteiger partial charge >= 0.3 is 11.8 Å². The van der Waals surface area contributed by atoms with E-state index in [9.17, 15) is 34.5 Å². The Morgan fingerprint density at radius 2 is 1.57 bits per heavy atom. The predicted molar refractivity (Wildman–Crippen MR) is 233 cm³/mol. The van der Waals surface area contributed by atoms with Crippen LogP contribution in [0.3, 0.4) is 0 Å². The van der Waals surface area contributed by atoms with Crippen LogP contribution in [0.5, 0.6) is 11.5 Å². The van der Waals surface area contributed by atoms with Gasteiger partial charge in [-0.05, 0) is 50.7 Å². The zero-order valence-corrected chi connectivity index (χ0v) is 37.5. The lowest BCUT2D eigenvalue weighted by atomic mass is 9.78. The molecule has 9 unspecified atom stereocenters. The molecule has 9 atom stereocenters. The Kier molecular flexibility index (Phi) is 14.2. The molecule has 4 aliphatic heterocycles. The van der Waals surface area contributed by atoms with Crippen molar-refractivity contribution in [1.29, 1.82) is 0 Å². The van der Waals surface area contributed by atoms with E-state index in [0.717, 1.165) is 6.42 Å². The van der Waals surface area contributed by atoms with Gasteiger partial charge in [-0.2, -0.15) is 0 Å². The number of hydrogen-bond acceptors (Lipinski definition) is 13. The molecule has 4 heterocycles. The Morgan fingerprint density at radius 3 is 2.21 bits per heavy atom. The SMILES string of the molecule is COC1C=COC2(C)Oc3c(C)c(O)c4c(c3C2=O)C(=O)C(N2CCC(Cc3ccccc3)CC2)=C(NC(=O)C(C)=CC=CC(C)C(O)C(C)C(O)C(C)C(OC(C)=O)C1C)C4=O. The fourth-order valence-electron chi connectivity index (χ4n) is 9.29. The average molecular weight is 869 g/mol. The molecule has 0 saturated carbocycles. The number of fused-ring (bicyclic) bond motifs is 14. The molecular formula is C49H60N2O12. The molecule has 0 radical (unpaired) electrons. The number of nitrogens with one attached hydrogen (secondary N) is 1. The number of phenolic OH excluding ortho intramolecular Hbond substituents is 1. The number of ketones is 3. The summed E-state index contributed by atoms with van der Waals surface area (Å²) in [5.74, 6) is -8.65. The van der Waals surface area contributed by atoms with E-state index < -0.39 is 94.4 Å². The van der Waals surface area contributed by atoms with Crippen LogP contribution in [0, 0.1) is 36.5 Å². The summed E-state index contributed by atoms with van der Waals surface area (Å²) in [5, 5.41) is 37.3. The average Bonchev–Trinajstić information content (AvgIpc) is 3.52. The first-order chi connectivity index (χ1) is 29.8. The first-order valence-electron chi connectivity index (χ1n) is 21.6. The van der Waals surface area contributed by atoms with Crippen molar-refractivity contribution >= 4 is 29.2 Å². The first kappa shape index (κ1) is 46.9. The minimum Gasteiger partial charge on any atom is -0.507 e. The van der Waals surface area contributed by atoms with Gasteiger partial charge in [0.2, 0.25) is 11.6 Å². The molecule has 1 fully saturated rings. The van der Waals surface area contributed by atoms with E-state index in [1.54, 1.807) is 44.7 Å². The first-order valence-corrected chi connectivity index (χ1v) is 21.6. The largest absolute Gasteiger partial charge is 0.507 e. The van der Waals surface area contributed by atoms with Crippen molar-refractivity contribution in [3.63, 3.8) is 0 Å². The number of phenols is 1. The van der Waals surface area contributed by atoms with Gasteiger partial charge in [0.1, 0.15) is 29.0 Å². The number of piperidine rings is 1.